The number of aliphatic imine (C=N–C) groups is 1. The van der Waals surface area contributed by atoms with Crippen LogP contribution in [0.15, 0.2) is 108 Å². The Hall–Kier alpha value is -4.29. The van der Waals surface area contributed by atoms with E-state index in [1.165, 1.54) is 7.11 Å². The van der Waals surface area contributed by atoms with Crippen molar-refractivity contribution in [1.29, 1.82) is 0 Å². The standard InChI is InChI=1S/C31H26ClNO5/c1-35-31(34)28-29(38-30(33-28)23-15-9-4-10-16-23)24-17-26(36-19-21-11-5-2-6-12-21)27(18-25(24)32)37-20-22-13-7-3-8-14-22/h2-18,28-29H,19-20H2,1H3. The lowest BCUT2D eigenvalue weighted by Crippen LogP contribution is -2.25. The molecule has 0 bridgehead atoms. The SMILES string of the molecule is COC(=O)C1N=C(c2ccccc2)OC1c1cc(OCc2ccccc2)c(OCc2ccccc2)cc1Cl. The van der Waals surface area contributed by atoms with Crippen LogP contribution in [0.4, 0.5) is 0 Å². The summed E-state index contributed by atoms with van der Waals surface area (Å²) in [6, 6.07) is 31.6. The zero-order valence-electron chi connectivity index (χ0n) is 20.8. The summed E-state index contributed by atoms with van der Waals surface area (Å²) < 4.78 is 23.6. The van der Waals surface area contributed by atoms with Crippen molar-refractivity contribution < 1.29 is 23.7 Å². The molecule has 6 nitrogen and oxygen atoms in total. The molecule has 0 N–H and O–H groups in total. The van der Waals surface area contributed by atoms with E-state index in [0.717, 1.165) is 16.7 Å². The first-order chi connectivity index (χ1) is 18.6. The molecule has 192 valence electrons. The fourth-order valence-corrected chi connectivity index (χ4v) is 4.39. The lowest BCUT2D eigenvalue weighted by Gasteiger charge is -2.21. The van der Waals surface area contributed by atoms with Gasteiger partial charge in [0.1, 0.15) is 13.2 Å². The molecule has 0 radical (unpaired) electrons. The molecular weight excluding hydrogens is 502 g/mol. The van der Waals surface area contributed by atoms with Crippen LogP contribution < -0.4 is 9.47 Å². The van der Waals surface area contributed by atoms with Crippen molar-refractivity contribution in [2.75, 3.05) is 7.11 Å². The van der Waals surface area contributed by atoms with E-state index < -0.39 is 18.1 Å². The summed E-state index contributed by atoms with van der Waals surface area (Å²) in [5, 5.41) is 0.364. The molecule has 38 heavy (non-hydrogen) atoms. The number of halogens is 1. The van der Waals surface area contributed by atoms with E-state index in [9.17, 15) is 4.79 Å². The van der Waals surface area contributed by atoms with E-state index in [1.54, 1.807) is 12.1 Å². The Morgan fingerprint density at radius 1 is 0.816 bits per heavy atom. The highest BCUT2D eigenvalue weighted by Gasteiger charge is 2.40. The smallest absolute Gasteiger partial charge is 0.335 e. The van der Waals surface area contributed by atoms with Gasteiger partial charge in [-0.25, -0.2) is 9.79 Å². The summed E-state index contributed by atoms with van der Waals surface area (Å²) in [6.07, 6.45) is -0.799. The van der Waals surface area contributed by atoms with Gasteiger partial charge in [-0.15, -0.1) is 0 Å². The molecule has 7 heteroatoms. The fraction of sp³-hybridized carbons (Fsp3) is 0.161. The third kappa shape index (κ3) is 5.82. The molecule has 2 unspecified atom stereocenters. The number of esters is 1. The van der Waals surface area contributed by atoms with Gasteiger partial charge in [0, 0.05) is 17.2 Å². The summed E-state index contributed by atoms with van der Waals surface area (Å²) in [6.45, 7) is 0.658. The van der Waals surface area contributed by atoms with Crippen molar-refractivity contribution in [2.24, 2.45) is 4.99 Å². The number of methoxy groups -OCH3 is 1. The van der Waals surface area contributed by atoms with Gasteiger partial charge in [0.2, 0.25) is 5.90 Å². The molecule has 1 aliphatic heterocycles. The van der Waals surface area contributed by atoms with Crippen LogP contribution in [0.25, 0.3) is 0 Å². The van der Waals surface area contributed by atoms with Gasteiger partial charge in [0.25, 0.3) is 0 Å². The van der Waals surface area contributed by atoms with Gasteiger partial charge in [-0.1, -0.05) is 90.5 Å². The van der Waals surface area contributed by atoms with Crippen LogP contribution in [0, 0.1) is 0 Å². The number of ether oxygens (including phenoxy) is 4. The van der Waals surface area contributed by atoms with Crippen molar-refractivity contribution in [2.45, 2.75) is 25.4 Å². The molecule has 2 atom stereocenters. The maximum absolute atomic E-state index is 12.7. The average Bonchev–Trinajstić information content (AvgIpc) is 3.42. The van der Waals surface area contributed by atoms with Gasteiger partial charge in [0.15, 0.2) is 23.6 Å². The molecule has 1 aliphatic rings. The van der Waals surface area contributed by atoms with E-state index in [2.05, 4.69) is 4.99 Å². The Bertz CT molecular complexity index is 1410. The van der Waals surface area contributed by atoms with Crippen LogP contribution in [0.3, 0.4) is 0 Å². The number of hydrogen-bond donors (Lipinski definition) is 0. The van der Waals surface area contributed by atoms with E-state index in [0.29, 0.717) is 41.2 Å². The normalized spacial score (nSPS) is 16.3. The van der Waals surface area contributed by atoms with E-state index in [4.69, 9.17) is 30.5 Å². The Balaban J connectivity index is 1.48. The Kier molecular flexibility index (Phi) is 7.90. The molecular formula is C31H26ClNO5. The van der Waals surface area contributed by atoms with E-state index in [-0.39, 0.29) is 0 Å². The topological polar surface area (TPSA) is 66.4 Å². The molecule has 4 aromatic carbocycles. The zero-order valence-corrected chi connectivity index (χ0v) is 21.5. The average molecular weight is 528 g/mol. The Morgan fingerprint density at radius 2 is 1.34 bits per heavy atom. The lowest BCUT2D eigenvalue weighted by molar-refractivity contribution is -0.143. The van der Waals surface area contributed by atoms with Crippen LogP contribution in [0.1, 0.15) is 28.4 Å². The number of carbonyl (C=O) groups is 1. The largest absolute Gasteiger partial charge is 0.485 e. The molecule has 0 amide bonds. The van der Waals surface area contributed by atoms with Crippen LogP contribution in [0.2, 0.25) is 5.02 Å². The summed E-state index contributed by atoms with van der Waals surface area (Å²) in [7, 11) is 1.33. The molecule has 0 fully saturated rings. The minimum Gasteiger partial charge on any atom is -0.485 e. The van der Waals surface area contributed by atoms with Crippen molar-refractivity contribution in [1.82, 2.24) is 0 Å². The first-order valence-corrected chi connectivity index (χ1v) is 12.5. The number of benzene rings is 4. The maximum Gasteiger partial charge on any atom is 0.335 e. The molecule has 0 aliphatic carbocycles. The summed E-state index contributed by atoms with van der Waals surface area (Å²) >= 11 is 6.77. The highest BCUT2D eigenvalue weighted by molar-refractivity contribution is 6.31. The third-order valence-electron chi connectivity index (χ3n) is 6.09. The molecule has 0 saturated carbocycles. The second kappa shape index (κ2) is 11.8. The van der Waals surface area contributed by atoms with Gasteiger partial charge in [0.05, 0.1) is 12.1 Å². The fourth-order valence-electron chi connectivity index (χ4n) is 4.13. The van der Waals surface area contributed by atoms with Crippen molar-refractivity contribution in [3.05, 3.63) is 130 Å². The molecule has 4 aromatic rings. The minimum absolute atomic E-state index is 0.321. The second-order valence-electron chi connectivity index (χ2n) is 8.68. The lowest BCUT2D eigenvalue weighted by atomic mass is 10.0. The number of rotatable bonds is 9. The van der Waals surface area contributed by atoms with Gasteiger partial charge < -0.3 is 18.9 Å². The molecule has 0 aromatic heterocycles. The molecule has 0 spiro atoms. The predicted octanol–water partition coefficient (Wildman–Crippen LogP) is 6.56. The van der Waals surface area contributed by atoms with Crippen molar-refractivity contribution in [3.8, 4) is 11.5 Å². The summed E-state index contributed by atoms with van der Waals surface area (Å²) in [4.78, 5) is 17.2. The molecule has 0 saturated heterocycles. The van der Waals surface area contributed by atoms with Gasteiger partial charge in [-0.3, -0.25) is 0 Å². The van der Waals surface area contributed by atoms with Gasteiger partial charge in [-0.05, 0) is 29.3 Å². The monoisotopic (exact) mass is 527 g/mol. The van der Waals surface area contributed by atoms with Crippen LogP contribution in [-0.4, -0.2) is 25.0 Å². The summed E-state index contributed by atoms with van der Waals surface area (Å²) in [5.41, 5.74) is 3.31. The Morgan fingerprint density at radius 3 is 1.89 bits per heavy atom. The van der Waals surface area contributed by atoms with Gasteiger partial charge >= 0.3 is 5.97 Å². The second-order valence-corrected chi connectivity index (χ2v) is 9.08. The number of hydrogen-bond acceptors (Lipinski definition) is 6. The number of carbonyl (C=O) groups excluding carboxylic acids is 1. The highest BCUT2D eigenvalue weighted by Crippen LogP contribution is 2.42. The van der Waals surface area contributed by atoms with Crippen LogP contribution in [0.5, 0.6) is 11.5 Å². The van der Waals surface area contributed by atoms with E-state index >= 15 is 0 Å². The molecule has 5 rings (SSSR count). The van der Waals surface area contributed by atoms with Crippen molar-refractivity contribution >= 4 is 23.5 Å². The summed E-state index contributed by atoms with van der Waals surface area (Å²) in [5.74, 6) is 0.784. The predicted molar refractivity (Wildman–Crippen MR) is 146 cm³/mol. The van der Waals surface area contributed by atoms with Crippen molar-refractivity contribution in [3.63, 3.8) is 0 Å². The quantitative estimate of drug-likeness (QED) is 0.231. The maximum atomic E-state index is 12.7. The number of nitrogens with zero attached hydrogens (tertiary/aromatic N) is 1. The first kappa shape index (κ1) is 25.4. The third-order valence-corrected chi connectivity index (χ3v) is 6.42. The van der Waals surface area contributed by atoms with Crippen LogP contribution >= 0.6 is 11.6 Å². The Labute approximate surface area is 226 Å². The van der Waals surface area contributed by atoms with Gasteiger partial charge in [-0.2, -0.15) is 0 Å². The van der Waals surface area contributed by atoms with Crippen LogP contribution in [-0.2, 0) is 27.5 Å². The minimum atomic E-state index is -0.925. The van der Waals surface area contributed by atoms with E-state index in [1.807, 2.05) is 91.0 Å². The zero-order chi connectivity index (χ0) is 26.3. The first-order valence-electron chi connectivity index (χ1n) is 12.2. The molecule has 1 heterocycles. The highest BCUT2D eigenvalue weighted by atomic mass is 35.5.